The molecular formula is C19H19ClN6O3S2. The molecule has 4 rings (SSSR count). The van der Waals surface area contributed by atoms with E-state index in [1.54, 1.807) is 36.4 Å². The van der Waals surface area contributed by atoms with E-state index in [1.807, 2.05) is 18.2 Å². The molecular weight excluding hydrogens is 460 g/mol. The van der Waals surface area contributed by atoms with Crippen LogP contribution in [0.3, 0.4) is 0 Å². The van der Waals surface area contributed by atoms with Gasteiger partial charge >= 0.3 is 0 Å². The van der Waals surface area contributed by atoms with Crippen molar-refractivity contribution in [1.82, 2.24) is 29.0 Å². The molecule has 0 bridgehead atoms. The summed E-state index contributed by atoms with van der Waals surface area (Å²) in [7, 11) is -3.59. The monoisotopic (exact) mass is 478 g/mol. The number of hydrogen-bond acceptors (Lipinski definition) is 8. The lowest BCUT2D eigenvalue weighted by Gasteiger charge is -2.18. The summed E-state index contributed by atoms with van der Waals surface area (Å²) >= 11 is 7.50. The highest BCUT2D eigenvalue weighted by Gasteiger charge is 2.23. The van der Waals surface area contributed by atoms with Gasteiger partial charge in [0.1, 0.15) is 0 Å². The summed E-state index contributed by atoms with van der Waals surface area (Å²) in [6.07, 6.45) is 1.54. The lowest BCUT2D eigenvalue weighted by molar-refractivity contribution is 0.391. The minimum Gasteiger partial charge on any atom is -0.338 e. The van der Waals surface area contributed by atoms with Crippen LogP contribution in [0, 0.1) is 0 Å². The quantitative estimate of drug-likeness (QED) is 0.352. The molecule has 0 aliphatic rings. The second kappa shape index (κ2) is 8.95. The molecule has 0 unspecified atom stereocenters. The maximum Gasteiger partial charge on any atom is 0.244 e. The minimum atomic E-state index is -3.59. The van der Waals surface area contributed by atoms with Crippen LogP contribution in [0.4, 0.5) is 0 Å². The Labute approximate surface area is 188 Å². The molecule has 9 nitrogen and oxygen atoms in total. The number of nitrogens with zero attached hydrogens (tertiary/aromatic N) is 6. The maximum atomic E-state index is 12.8. The van der Waals surface area contributed by atoms with E-state index in [4.69, 9.17) is 16.1 Å². The second-order valence-corrected chi connectivity index (χ2v) is 9.73. The summed E-state index contributed by atoms with van der Waals surface area (Å²) in [5.74, 6) is 1.13. The predicted octanol–water partition coefficient (Wildman–Crippen LogP) is 3.76. The lowest BCUT2D eigenvalue weighted by atomic mass is 10.2. The van der Waals surface area contributed by atoms with Gasteiger partial charge in [-0.05, 0) is 24.3 Å². The molecule has 0 saturated heterocycles. The summed E-state index contributed by atoms with van der Waals surface area (Å²) in [4.78, 5) is 4.56. The summed E-state index contributed by atoms with van der Waals surface area (Å²) in [6, 6.07) is 10.4. The van der Waals surface area contributed by atoms with Gasteiger partial charge in [0.2, 0.25) is 21.7 Å². The molecule has 162 valence electrons. The van der Waals surface area contributed by atoms with Gasteiger partial charge in [-0.1, -0.05) is 54.5 Å². The summed E-state index contributed by atoms with van der Waals surface area (Å²) in [5.41, 5.74) is 1.23. The van der Waals surface area contributed by atoms with Crippen LogP contribution in [0.5, 0.6) is 0 Å². The van der Waals surface area contributed by atoms with Gasteiger partial charge < -0.3 is 4.52 Å². The van der Waals surface area contributed by atoms with Crippen molar-refractivity contribution in [2.24, 2.45) is 0 Å². The molecule has 0 saturated carbocycles. The van der Waals surface area contributed by atoms with E-state index in [0.717, 1.165) is 0 Å². The number of thioether (sulfide) groups is 1. The largest absolute Gasteiger partial charge is 0.338 e. The highest BCUT2D eigenvalue weighted by molar-refractivity contribution is 7.98. The lowest BCUT2D eigenvalue weighted by Crippen LogP contribution is -2.30. The van der Waals surface area contributed by atoms with E-state index >= 15 is 0 Å². The molecule has 3 aromatic heterocycles. The molecule has 0 fully saturated rings. The van der Waals surface area contributed by atoms with Crippen molar-refractivity contribution in [3.8, 4) is 11.4 Å². The molecule has 0 aliphatic carbocycles. The Bertz CT molecular complexity index is 1320. The number of rotatable bonds is 8. The summed E-state index contributed by atoms with van der Waals surface area (Å²) in [5, 5.41) is 13.3. The van der Waals surface area contributed by atoms with Crippen LogP contribution >= 0.6 is 23.4 Å². The molecule has 1 aromatic carbocycles. The van der Waals surface area contributed by atoms with E-state index in [-0.39, 0.29) is 4.90 Å². The van der Waals surface area contributed by atoms with Crippen LogP contribution in [-0.4, -0.2) is 50.6 Å². The second-order valence-electron chi connectivity index (χ2n) is 6.45. The predicted molar refractivity (Wildman–Crippen MR) is 117 cm³/mol. The van der Waals surface area contributed by atoms with Crippen molar-refractivity contribution < 1.29 is 12.9 Å². The first kappa shape index (κ1) is 21.8. The zero-order chi connectivity index (χ0) is 22.0. The van der Waals surface area contributed by atoms with Gasteiger partial charge in [-0.25, -0.2) is 8.42 Å². The third kappa shape index (κ3) is 4.31. The van der Waals surface area contributed by atoms with E-state index in [1.165, 1.54) is 22.3 Å². The highest BCUT2D eigenvalue weighted by Crippen LogP contribution is 2.27. The molecule has 0 radical (unpaired) electrons. The third-order valence-corrected chi connectivity index (χ3v) is 7.89. The highest BCUT2D eigenvalue weighted by atomic mass is 35.5. The zero-order valence-corrected chi connectivity index (χ0v) is 19.2. The van der Waals surface area contributed by atoms with Gasteiger partial charge in [-0.2, -0.15) is 9.29 Å². The fraction of sp³-hybridized carbons (Fsp3) is 0.263. The first-order valence-corrected chi connectivity index (χ1v) is 12.3. The van der Waals surface area contributed by atoms with Gasteiger partial charge in [0.05, 0.1) is 15.7 Å². The molecule has 0 atom stereocenters. The Morgan fingerprint density at radius 3 is 2.65 bits per heavy atom. The zero-order valence-electron chi connectivity index (χ0n) is 16.8. The number of pyridine rings is 1. The standard InChI is InChI=1S/C19H19ClN6O3S2/c1-3-25(4-2)31(27,28)13-9-10-16-22-23-19(26(16)11-13)30-12-17-21-18(24-29-17)14-7-5-6-8-15(14)20/h5-11H,3-4,12H2,1-2H3. The number of fused-ring (bicyclic) bond motifs is 1. The Balaban J connectivity index is 1.57. The summed E-state index contributed by atoms with van der Waals surface area (Å²) < 4.78 is 34.0. The summed E-state index contributed by atoms with van der Waals surface area (Å²) in [6.45, 7) is 4.40. The minimum absolute atomic E-state index is 0.184. The smallest absolute Gasteiger partial charge is 0.244 e. The Hall–Kier alpha value is -2.47. The number of halogens is 1. The number of sulfonamides is 1. The topological polar surface area (TPSA) is 106 Å². The third-order valence-electron chi connectivity index (χ3n) is 4.59. The van der Waals surface area contributed by atoms with Crippen LogP contribution in [0.1, 0.15) is 19.7 Å². The first-order valence-electron chi connectivity index (χ1n) is 9.49. The average molecular weight is 479 g/mol. The van der Waals surface area contributed by atoms with E-state index in [0.29, 0.717) is 51.9 Å². The van der Waals surface area contributed by atoms with Crippen LogP contribution in [0.2, 0.25) is 5.02 Å². The first-order chi connectivity index (χ1) is 14.9. The molecule has 0 amide bonds. The normalized spacial score (nSPS) is 12.1. The number of hydrogen-bond donors (Lipinski definition) is 0. The van der Waals surface area contributed by atoms with Gasteiger partial charge in [0, 0.05) is 24.8 Å². The van der Waals surface area contributed by atoms with Gasteiger partial charge in [-0.15, -0.1) is 10.2 Å². The SMILES string of the molecule is CCN(CC)S(=O)(=O)c1ccc2nnc(SCc3nc(-c4ccccc4Cl)no3)n2c1. The van der Waals surface area contributed by atoms with Crippen molar-refractivity contribution in [1.29, 1.82) is 0 Å². The molecule has 0 N–H and O–H groups in total. The van der Waals surface area contributed by atoms with Crippen molar-refractivity contribution in [2.75, 3.05) is 13.1 Å². The molecule has 12 heteroatoms. The molecule has 4 aromatic rings. The van der Waals surface area contributed by atoms with Gasteiger partial charge in [0.15, 0.2) is 10.8 Å². The molecule has 0 aliphatic heterocycles. The molecule has 3 heterocycles. The average Bonchev–Trinajstić information content (AvgIpc) is 3.40. The van der Waals surface area contributed by atoms with E-state index in [2.05, 4.69) is 20.3 Å². The Morgan fingerprint density at radius 2 is 1.90 bits per heavy atom. The van der Waals surface area contributed by atoms with Crippen LogP contribution < -0.4 is 0 Å². The Kier molecular flexibility index (Phi) is 6.28. The maximum absolute atomic E-state index is 12.8. The van der Waals surface area contributed by atoms with Crippen LogP contribution in [0.15, 0.2) is 57.2 Å². The van der Waals surface area contributed by atoms with Crippen LogP contribution in [0.25, 0.3) is 17.0 Å². The van der Waals surface area contributed by atoms with E-state index in [9.17, 15) is 8.42 Å². The van der Waals surface area contributed by atoms with Crippen molar-refractivity contribution in [3.63, 3.8) is 0 Å². The Morgan fingerprint density at radius 1 is 1.13 bits per heavy atom. The molecule has 31 heavy (non-hydrogen) atoms. The number of benzene rings is 1. The van der Waals surface area contributed by atoms with Crippen molar-refractivity contribution >= 4 is 39.0 Å². The molecule has 0 spiro atoms. The van der Waals surface area contributed by atoms with Crippen molar-refractivity contribution in [3.05, 3.63) is 53.5 Å². The van der Waals surface area contributed by atoms with Gasteiger partial charge in [0.25, 0.3) is 0 Å². The van der Waals surface area contributed by atoms with Crippen molar-refractivity contribution in [2.45, 2.75) is 29.7 Å². The van der Waals surface area contributed by atoms with Crippen LogP contribution in [-0.2, 0) is 15.8 Å². The number of aromatic nitrogens is 5. The fourth-order valence-electron chi connectivity index (χ4n) is 3.01. The van der Waals surface area contributed by atoms with E-state index < -0.39 is 10.0 Å². The van der Waals surface area contributed by atoms with Gasteiger partial charge in [-0.3, -0.25) is 4.40 Å². The fourth-order valence-corrected chi connectivity index (χ4v) is 5.44.